The summed E-state index contributed by atoms with van der Waals surface area (Å²) in [7, 11) is 0. The van der Waals surface area contributed by atoms with E-state index >= 15 is 0 Å². The predicted octanol–water partition coefficient (Wildman–Crippen LogP) is 3.54. The van der Waals surface area contributed by atoms with Crippen LogP contribution in [0.25, 0.3) is 0 Å². The lowest BCUT2D eigenvalue weighted by Gasteiger charge is -2.57. The van der Waals surface area contributed by atoms with Crippen LogP contribution in [0.1, 0.15) is 59.3 Å². The van der Waals surface area contributed by atoms with Gasteiger partial charge in [-0.3, -0.25) is 4.79 Å². The number of allylic oxidation sites excluding steroid dienone is 1. The first-order chi connectivity index (χ1) is 11.0. The Labute approximate surface area is 145 Å². The number of carboxylic acids is 1. The number of rotatable bonds is 5. The highest BCUT2D eigenvalue weighted by molar-refractivity contribution is 5.75. The maximum absolute atomic E-state index is 12.0. The fourth-order valence-corrected chi connectivity index (χ4v) is 5.24. The average Bonchev–Trinajstić information content (AvgIpc) is 2.50. The Bertz CT molecular complexity index is 538. The molecule has 0 aromatic rings. The van der Waals surface area contributed by atoms with Crippen LogP contribution in [0.4, 0.5) is 0 Å². The van der Waals surface area contributed by atoms with E-state index in [0.29, 0.717) is 12.8 Å². The highest BCUT2D eigenvalue weighted by Gasteiger charge is 2.57. The number of hydrogen-bond donors (Lipinski definition) is 3. The van der Waals surface area contributed by atoms with Crippen molar-refractivity contribution in [2.45, 2.75) is 71.0 Å². The van der Waals surface area contributed by atoms with Crippen LogP contribution in [-0.2, 0) is 4.79 Å². The summed E-state index contributed by atoms with van der Waals surface area (Å²) in [6, 6.07) is 0. The van der Waals surface area contributed by atoms with Crippen molar-refractivity contribution in [3.63, 3.8) is 0 Å². The maximum Gasteiger partial charge on any atom is 0.309 e. The van der Waals surface area contributed by atoms with Gasteiger partial charge in [0.15, 0.2) is 0 Å². The van der Waals surface area contributed by atoms with Crippen LogP contribution < -0.4 is 0 Å². The molecule has 2 aliphatic carbocycles. The number of carboxylic acid groups (broad SMARTS) is 1. The first-order valence-electron chi connectivity index (χ1n) is 8.94. The quantitative estimate of drug-likeness (QED) is 0.671. The summed E-state index contributed by atoms with van der Waals surface area (Å²) in [5, 5.41) is 30.6. The van der Waals surface area contributed by atoms with E-state index < -0.39 is 23.1 Å². The molecule has 0 spiro atoms. The molecule has 2 rings (SSSR count). The fraction of sp³-hybridized carbons (Fsp3) is 0.750. The third kappa shape index (κ3) is 2.95. The van der Waals surface area contributed by atoms with Gasteiger partial charge in [-0.05, 0) is 63.2 Å². The summed E-state index contributed by atoms with van der Waals surface area (Å²) in [4.78, 5) is 12.0. The van der Waals surface area contributed by atoms with Gasteiger partial charge in [0.1, 0.15) is 5.60 Å². The monoisotopic (exact) mass is 336 g/mol. The Balaban J connectivity index is 2.35. The average molecular weight is 336 g/mol. The number of fused-ring (bicyclic) bond motifs is 1. The minimum Gasteiger partial charge on any atom is -0.481 e. The van der Waals surface area contributed by atoms with E-state index in [9.17, 15) is 20.1 Å². The highest BCUT2D eigenvalue weighted by atomic mass is 16.4. The molecular weight excluding hydrogens is 304 g/mol. The molecule has 0 bridgehead atoms. The van der Waals surface area contributed by atoms with Crippen LogP contribution in [0.5, 0.6) is 0 Å². The molecule has 2 saturated carbocycles. The molecule has 4 heteroatoms. The molecule has 2 aliphatic rings. The first kappa shape index (κ1) is 19.2. The van der Waals surface area contributed by atoms with E-state index in [4.69, 9.17) is 0 Å². The van der Waals surface area contributed by atoms with E-state index in [1.54, 1.807) is 6.92 Å². The molecule has 0 radical (unpaired) electrons. The van der Waals surface area contributed by atoms with Crippen molar-refractivity contribution < 1.29 is 20.1 Å². The summed E-state index contributed by atoms with van der Waals surface area (Å²) < 4.78 is 0. The van der Waals surface area contributed by atoms with Crippen LogP contribution in [-0.4, -0.2) is 33.0 Å². The Morgan fingerprint density at radius 1 is 1.46 bits per heavy atom. The van der Waals surface area contributed by atoms with Gasteiger partial charge in [0.25, 0.3) is 0 Å². The van der Waals surface area contributed by atoms with Crippen molar-refractivity contribution in [2.75, 3.05) is 0 Å². The molecule has 2 fully saturated rings. The summed E-state index contributed by atoms with van der Waals surface area (Å²) in [6.45, 7) is 13.4. The molecule has 6 atom stereocenters. The molecule has 4 nitrogen and oxygen atoms in total. The second kappa shape index (κ2) is 6.30. The van der Waals surface area contributed by atoms with Crippen molar-refractivity contribution in [2.24, 2.45) is 22.7 Å². The third-order valence-corrected chi connectivity index (χ3v) is 7.06. The van der Waals surface area contributed by atoms with E-state index in [-0.39, 0.29) is 17.3 Å². The Hall–Kier alpha value is -1.13. The van der Waals surface area contributed by atoms with Gasteiger partial charge in [0, 0.05) is 0 Å². The molecule has 0 heterocycles. The number of carbonyl (C=O) groups is 1. The molecule has 0 aromatic carbocycles. The molecule has 0 aromatic heterocycles. The maximum atomic E-state index is 12.0. The largest absolute Gasteiger partial charge is 0.481 e. The lowest BCUT2D eigenvalue weighted by atomic mass is 9.46. The molecule has 136 valence electrons. The number of hydrogen-bond acceptors (Lipinski definition) is 3. The van der Waals surface area contributed by atoms with Gasteiger partial charge in [0.05, 0.1) is 11.5 Å². The van der Waals surface area contributed by atoms with Crippen molar-refractivity contribution >= 4 is 5.97 Å². The van der Waals surface area contributed by atoms with E-state index in [2.05, 4.69) is 20.1 Å². The van der Waals surface area contributed by atoms with Crippen LogP contribution in [0, 0.1) is 22.7 Å². The molecule has 24 heavy (non-hydrogen) atoms. The van der Waals surface area contributed by atoms with Gasteiger partial charge in [-0.2, -0.15) is 0 Å². The van der Waals surface area contributed by atoms with Gasteiger partial charge in [0.2, 0.25) is 0 Å². The normalized spacial score (nSPS) is 40.3. The van der Waals surface area contributed by atoms with Crippen LogP contribution in [0.3, 0.4) is 0 Å². The summed E-state index contributed by atoms with van der Waals surface area (Å²) in [5.74, 6) is -0.646. The molecule has 0 unspecified atom stereocenters. The summed E-state index contributed by atoms with van der Waals surface area (Å²) in [6.07, 6.45) is 4.95. The highest BCUT2D eigenvalue weighted by Crippen LogP contribution is 2.62. The van der Waals surface area contributed by atoms with Gasteiger partial charge >= 0.3 is 5.97 Å². The van der Waals surface area contributed by atoms with Crippen LogP contribution in [0.15, 0.2) is 24.8 Å². The number of aliphatic hydroxyl groups excluding tert-OH is 1. The fourth-order valence-electron chi connectivity index (χ4n) is 5.24. The van der Waals surface area contributed by atoms with Gasteiger partial charge in [-0.15, -0.1) is 6.58 Å². The summed E-state index contributed by atoms with van der Waals surface area (Å²) >= 11 is 0. The van der Waals surface area contributed by atoms with E-state index in [0.717, 1.165) is 31.3 Å². The lowest BCUT2D eigenvalue weighted by molar-refractivity contribution is -0.165. The second-order valence-electron chi connectivity index (χ2n) is 8.57. The van der Waals surface area contributed by atoms with Gasteiger partial charge < -0.3 is 15.3 Å². The standard InChI is InChI=1S/C20H32O4/c1-6-20(5,24)16(21)12-14-13(2)8-9-15-18(14,3)10-7-11-19(15,4)17(22)23/h6,14-16,21,24H,1-2,7-12H2,3-5H3,(H,22,23)/t14-,15+,16+,18+,19-,20+/m0/s1. The zero-order valence-corrected chi connectivity index (χ0v) is 15.2. The second-order valence-corrected chi connectivity index (χ2v) is 8.57. The lowest BCUT2D eigenvalue weighted by Crippen LogP contribution is -2.54. The Kier molecular flexibility index (Phi) is 5.04. The van der Waals surface area contributed by atoms with Crippen LogP contribution >= 0.6 is 0 Å². The molecule has 0 saturated heterocycles. The van der Waals surface area contributed by atoms with Gasteiger partial charge in [-0.25, -0.2) is 0 Å². The molecule has 0 aliphatic heterocycles. The predicted molar refractivity (Wildman–Crippen MR) is 94.5 cm³/mol. The third-order valence-electron chi connectivity index (χ3n) is 7.06. The van der Waals surface area contributed by atoms with Crippen molar-refractivity contribution in [1.82, 2.24) is 0 Å². The summed E-state index contributed by atoms with van der Waals surface area (Å²) in [5.41, 5.74) is -1.21. The van der Waals surface area contributed by atoms with Crippen molar-refractivity contribution in [1.29, 1.82) is 0 Å². The van der Waals surface area contributed by atoms with Crippen LogP contribution in [0.2, 0.25) is 0 Å². The van der Waals surface area contributed by atoms with E-state index in [1.165, 1.54) is 6.08 Å². The van der Waals surface area contributed by atoms with Crippen molar-refractivity contribution in [3.8, 4) is 0 Å². The zero-order chi connectivity index (χ0) is 18.3. The SMILES string of the molecule is C=C[C@@](C)(O)[C@H](O)C[C@H]1C(=C)CC[C@@H]2[C@]1(C)CCC[C@]2(C)C(=O)O. The molecule has 3 N–H and O–H groups in total. The smallest absolute Gasteiger partial charge is 0.309 e. The van der Waals surface area contributed by atoms with Crippen molar-refractivity contribution in [3.05, 3.63) is 24.8 Å². The first-order valence-corrected chi connectivity index (χ1v) is 8.94. The topological polar surface area (TPSA) is 77.8 Å². The minimum atomic E-state index is -1.35. The Morgan fingerprint density at radius 2 is 2.08 bits per heavy atom. The van der Waals surface area contributed by atoms with Gasteiger partial charge in [-0.1, -0.05) is 31.6 Å². The minimum absolute atomic E-state index is 0.0108. The Morgan fingerprint density at radius 3 is 2.62 bits per heavy atom. The zero-order valence-electron chi connectivity index (χ0n) is 15.2. The number of aliphatic hydroxyl groups is 2. The van der Waals surface area contributed by atoms with E-state index in [1.807, 2.05) is 6.92 Å². The number of aliphatic carboxylic acids is 1. The molecular formula is C20H32O4. The molecule has 0 amide bonds.